The molecule has 0 unspecified atom stereocenters. The second-order valence-corrected chi connectivity index (χ2v) is 7.14. The third-order valence-corrected chi connectivity index (χ3v) is 5.27. The maximum Gasteiger partial charge on any atom is 0.244 e. The number of imidazole rings is 1. The number of anilines is 1. The Morgan fingerprint density at radius 3 is 2.68 bits per heavy atom. The number of aryl methyl sites for hydroxylation is 2. The zero-order valence-electron chi connectivity index (χ0n) is 15.2. The molecule has 2 aromatic carbocycles. The molecule has 0 saturated heterocycles. The Bertz CT molecular complexity index is 1180. The highest BCUT2D eigenvalue weighted by Gasteiger charge is 2.19. The monoisotopic (exact) mass is 414 g/mol. The zero-order valence-corrected chi connectivity index (χ0v) is 16.7. The van der Waals surface area contributed by atoms with Gasteiger partial charge >= 0.3 is 0 Å². The van der Waals surface area contributed by atoms with Crippen LogP contribution in [0.25, 0.3) is 22.4 Å². The molecule has 2 aromatic heterocycles. The minimum atomic E-state index is -0.225. The lowest BCUT2D eigenvalue weighted by molar-refractivity contribution is -0.116. The van der Waals surface area contributed by atoms with Gasteiger partial charge < -0.3 is 14.4 Å². The molecule has 8 heteroatoms. The summed E-state index contributed by atoms with van der Waals surface area (Å²) in [5, 5.41) is 7.55. The lowest BCUT2D eigenvalue weighted by Gasteiger charge is -2.11. The number of fused-ring (bicyclic) bond motifs is 1. The van der Waals surface area contributed by atoms with Crippen LogP contribution in [-0.4, -0.2) is 20.6 Å². The van der Waals surface area contributed by atoms with E-state index in [1.165, 1.54) is 0 Å². The number of halogens is 2. The van der Waals surface area contributed by atoms with E-state index in [9.17, 15) is 4.79 Å². The van der Waals surface area contributed by atoms with Crippen molar-refractivity contribution < 1.29 is 9.32 Å². The average molecular weight is 415 g/mol. The Morgan fingerprint density at radius 2 is 1.93 bits per heavy atom. The smallest absolute Gasteiger partial charge is 0.244 e. The highest BCUT2D eigenvalue weighted by atomic mass is 35.5. The summed E-state index contributed by atoms with van der Waals surface area (Å²) in [4.78, 5) is 17.5. The molecular formula is C20H16Cl2N4O2. The van der Waals surface area contributed by atoms with Crippen molar-refractivity contribution in [2.24, 2.45) is 0 Å². The molecule has 0 fully saturated rings. The van der Waals surface area contributed by atoms with Gasteiger partial charge in [0.05, 0.1) is 21.1 Å². The van der Waals surface area contributed by atoms with Crippen LogP contribution >= 0.6 is 23.2 Å². The number of nitrogens with zero attached hydrogens (tertiary/aromatic N) is 3. The molecule has 1 amide bonds. The third-order valence-electron chi connectivity index (χ3n) is 4.45. The molecule has 28 heavy (non-hydrogen) atoms. The van der Waals surface area contributed by atoms with E-state index in [-0.39, 0.29) is 12.5 Å². The van der Waals surface area contributed by atoms with E-state index in [0.29, 0.717) is 38.6 Å². The van der Waals surface area contributed by atoms with E-state index in [4.69, 9.17) is 27.7 Å². The summed E-state index contributed by atoms with van der Waals surface area (Å²) in [7, 11) is 0. The van der Waals surface area contributed by atoms with Crippen molar-refractivity contribution in [1.82, 2.24) is 14.7 Å². The largest absolute Gasteiger partial charge is 0.359 e. The Balaban J connectivity index is 1.77. The number of nitrogens with one attached hydrogen (secondary N) is 1. The van der Waals surface area contributed by atoms with Crippen molar-refractivity contribution >= 4 is 45.8 Å². The number of hydrogen-bond donors (Lipinski definition) is 1. The van der Waals surface area contributed by atoms with E-state index < -0.39 is 0 Å². The summed E-state index contributed by atoms with van der Waals surface area (Å²) in [5.41, 5.74) is 3.45. The Hall–Kier alpha value is -2.83. The van der Waals surface area contributed by atoms with Crippen molar-refractivity contribution in [1.29, 1.82) is 0 Å². The summed E-state index contributed by atoms with van der Waals surface area (Å²) in [6.45, 7) is 3.57. The van der Waals surface area contributed by atoms with Crippen molar-refractivity contribution in [3.8, 4) is 11.4 Å². The van der Waals surface area contributed by atoms with E-state index >= 15 is 0 Å². The molecule has 0 radical (unpaired) electrons. The molecule has 0 spiro atoms. The summed E-state index contributed by atoms with van der Waals surface area (Å²) < 4.78 is 6.93. The maximum absolute atomic E-state index is 12.8. The molecule has 0 aliphatic carbocycles. The van der Waals surface area contributed by atoms with Crippen LogP contribution in [0.15, 0.2) is 47.0 Å². The van der Waals surface area contributed by atoms with Crippen LogP contribution in [-0.2, 0) is 11.3 Å². The van der Waals surface area contributed by atoms with Crippen LogP contribution in [0.2, 0.25) is 10.0 Å². The first-order valence-electron chi connectivity index (χ1n) is 8.58. The fraction of sp³-hybridized carbons (Fsp3) is 0.150. The van der Waals surface area contributed by atoms with Crippen molar-refractivity contribution in [2.75, 3.05) is 5.32 Å². The normalized spacial score (nSPS) is 11.1. The Morgan fingerprint density at radius 1 is 1.14 bits per heavy atom. The molecule has 0 aliphatic rings. The summed E-state index contributed by atoms with van der Waals surface area (Å²) in [6.07, 6.45) is 0. The standard InChI is InChI=1S/C20H16Cl2N4O2/c1-11-19(12(2)28-25-11)24-17(27)10-26-16-9-4-3-8-15(16)23-20(26)13-6-5-7-14(21)18(13)22/h3-9H,10H2,1-2H3,(H,24,27). The first kappa shape index (κ1) is 18.5. The number of benzene rings is 2. The second-order valence-electron chi connectivity index (χ2n) is 6.36. The van der Waals surface area contributed by atoms with Crippen LogP contribution in [0.1, 0.15) is 11.5 Å². The van der Waals surface area contributed by atoms with Gasteiger partial charge in [0.15, 0.2) is 5.76 Å². The van der Waals surface area contributed by atoms with Crippen LogP contribution < -0.4 is 5.32 Å². The van der Waals surface area contributed by atoms with E-state index in [1.54, 1.807) is 26.0 Å². The molecule has 6 nitrogen and oxygen atoms in total. The Kier molecular flexibility index (Phi) is 4.83. The van der Waals surface area contributed by atoms with Gasteiger partial charge in [-0.2, -0.15) is 0 Å². The number of carbonyl (C=O) groups is 1. The van der Waals surface area contributed by atoms with E-state index in [1.807, 2.05) is 34.9 Å². The van der Waals surface area contributed by atoms with Crippen LogP contribution in [0.4, 0.5) is 5.69 Å². The van der Waals surface area contributed by atoms with Gasteiger partial charge in [0.1, 0.15) is 23.8 Å². The van der Waals surface area contributed by atoms with Gasteiger partial charge in [0, 0.05) is 5.56 Å². The molecule has 0 atom stereocenters. The van der Waals surface area contributed by atoms with Crippen LogP contribution in [0.5, 0.6) is 0 Å². The van der Waals surface area contributed by atoms with Crippen molar-refractivity contribution in [2.45, 2.75) is 20.4 Å². The molecule has 0 aliphatic heterocycles. The minimum absolute atomic E-state index is 0.0444. The topological polar surface area (TPSA) is 73.0 Å². The third kappa shape index (κ3) is 3.25. The van der Waals surface area contributed by atoms with Gasteiger partial charge in [-0.3, -0.25) is 4.79 Å². The number of amides is 1. The number of hydrogen-bond acceptors (Lipinski definition) is 4. The van der Waals surface area contributed by atoms with Crippen LogP contribution in [0.3, 0.4) is 0 Å². The van der Waals surface area contributed by atoms with Crippen molar-refractivity contribution in [3.05, 3.63) is 64.0 Å². The number of carbonyl (C=O) groups excluding carboxylic acids is 1. The second kappa shape index (κ2) is 7.30. The fourth-order valence-electron chi connectivity index (χ4n) is 3.10. The lowest BCUT2D eigenvalue weighted by atomic mass is 10.2. The van der Waals surface area contributed by atoms with Gasteiger partial charge in [0.2, 0.25) is 5.91 Å². The first-order valence-corrected chi connectivity index (χ1v) is 9.33. The molecule has 2 heterocycles. The minimum Gasteiger partial charge on any atom is -0.359 e. The number of para-hydroxylation sites is 2. The SMILES string of the molecule is Cc1noc(C)c1NC(=O)Cn1c(-c2cccc(Cl)c2Cl)nc2ccccc21. The highest BCUT2D eigenvalue weighted by molar-refractivity contribution is 6.43. The molecule has 1 N–H and O–H groups in total. The molecule has 0 saturated carbocycles. The highest BCUT2D eigenvalue weighted by Crippen LogP contribution is 2.34. The zero-order chi connectivity index (χ0) is 19.8. The van der Waals surface area contributed by atoms with E-state index in [0.717, 1.165) is 11.0 Å². The van der Waals surface area contributed by atoms with E-state index in [2.05, 4.69) is 15.5 Å². The number of rotatable bonds is 4. The summed E-state index contributed by atoms with van der Waals surface area (Å²) in [6, 6.07) is 12.9. The fourth-order valence-corrected chi connectivity index (χ4v) is 3.49. The molecule has 4 aromatic rings. The van der Waals surface area contributed by atoms with Gasteiger partial charge in [0.25, 0.3) is 0 Å². The predicted octanol–water partition coefficient (Wildman–Crippen LogP) is 5.25. The Labute approximate surface area is 171 Å². The average Bonchev–Trinajstić information content (AvgIpc) is 3.19. The first-order chi connectivity index (χ1) is 13.5. The number of aromatic nitrogens is 3. The lowest BCUT2D eigenvalue weighted by Crippen LogP contribution is -2.20. The predicted molar refractivity (Wildman–Crippen MR) is 110 cm³/mol. The van der Waals surface area contributed by atoms with Crippen molar-refractivity contribution in [3.63, 3.8) is 0 Å². The van der Waals surface area contributed by atoms with Crippen LogP contribution in [0, 0.1) is 13.8 Å². The molecular weight excluding hydrogens is 399 g/mol. The summed E-state index contributed by atoms with van der Waals surface area (Å²) >= 11 is 12.6. The summed E-state index contributed by atoms with van der Waals surface area (Å²) in [5.74, 6) is 0.902. The van der Waals surface area contributed by atoms with Gasteiger partial charge in [-0.1, -0.05) is 46.6 Å². The molecule has 142 valence electrons. The van der Waals surface area contributed by atoms with Gasteiger partial charge in [-0.15, -0.1) is 0 Å². The quantitative estimate of drug-likeness (QED) is 0.494. The van der Waals surface area contributed by atoms with Gasteiger partial charge in [-0.25, -0.2) is 4.98 Å². The van der Waals surface area contributed by atoms with Gasteiger partial charge in [-0.05, 0) is 38.1 Å². The molecule has 4 rings (SSSR count). The molecule has 0 bridgehead atoms. The maximum atomic E-state index is 12.8.